The molecule has 172 valence electrons. The molecule has 6 nitrogen and oxygen atoms in total. The molecule has 3 rings (SSSR count). The molecule has 0 saturated carbocycles. The Hall–Kier alpha value is -2.91. The van der Waals surface area contributed by atoms with Crippen LogP contribution in [0.2, 0.25) is 0 Å². The summed E-state index contributed by atoms with van der Waals surface area (Å²) in [6, 6.07) is 10.2. The van der Waals surface area contributed by atoms with Crippen LogP contribution in [0.4, 0.5) is 13.2 Å². The van der Waals surface area contributed by atoms with Crippen molar-refractivity contribution in [3.05, 3.63) is 70.3 Å². The summed E-state index contributed by atoms with van der Waals surface area (Å²) in [6.45, 7) is 3.25. The van der Waals surface area contributed by atoms with Crippen molar-refractivity contribution in [3.8, 4) is 0 Å². The molecule has 1 amide bonds. The molecular weight excluding hydrogens is 423 g/mol. The fraction of sp³-hybridized carbons (Fsp3) is 0.391. The number of carbonyl (C=O) groups is 2. The average molecular weight is 449 g/mol. The van der Waals surface area contributed by atoms with Crippen LogP contribution in [0, 0.1) is 0 Å². The van der Waals surface area contributed by atoms with Gasteiger partial charge in [-0.25, -0.2) is 4.79 Å². The van der Waals surface area contributed by atoms with E-state index in [0.717, 1.165) is 19.2 Å². The first-order chi connectivity index (χ1) is 15.2. The maximum Gasteiger partial charge on any atom is 0.416 e. The van der Waals surface area contributed by atoms with Gasteiger partial charge in [0, 0.05) is 44.8 Å². The summed E-state index contributed by atoms with van der Waals surface area (Å²) in [4.78, 5) is 28.3. The summed E-state index contributed by atoms with van der Waals surface area (Å²) < 4.78 is 45.8. The summed E-state index contributed by atoms with van der Waals surface area (Å²) in [5.74, 6) is -1.13. The molecule has 1 saturated heterocycles. The zero-order valence-electron chi connectivity index (χ0n) is 18.0. The second-order valence-electron chi connectivity index (χ2n) is 7.82. The number of nitrogens with zero attached hydrogens (tertiary/aromatic N) is 2. The standard InChI is InChI=1S/C23H26F3N3O3/c1-28-8-10-29(11-9-28)15-19-7-6-17(13-20(19)23(24,25)26)21(30)27-14-16-4-3-5-18(12-16)22(31)32-2/h3-7,12-13H,8-11,14-15H2,1-2H3,(H,27,30). The Morgan fingerprint density at radius 1 is 1.03 bits per heavy atom. The van der Waals surface area contributed by atoms with Gasteiger partial charge >= 0.3 is 12.1 Å². The van der Waals surface area contributed by atoms with E-state index >= 15 is 0 Å². The zero-order chi connectivity index (χ0) is 23.3. The van der Waals surface area contributed by atoms with Crippen LogP contribution in [-0.4, -0.2) is 62.0 Å². The van der Waals surface area contributed by atoms with Crippen LogP contribution < -0.4 is 5.32 Å². The number of carbonyl (C=O) groups excluding carboxylic acids is 2. The lowest BCUT2D eigenvalue weighted by molar-refractivity contribution is -0.138. The quantitative estimate of drug-likeness (QED) is 0.687. The molecule has 2 aromatic carbocycles. The number of benzene rings is 2. The Bertz CT molecular complexity index is 970. The molecule has 0 unspecified atom stereocenters. The summed E-state index contributed by atoms with van der Waals surface area (Å²) in [7, 11) is 3.25. The first-order valence-electron chi connectivity index (χ1n) is 10.2. The molecule has 0 aliphatic carbocycles. The molecule has 1 heterocycles. The Kier molecular flexibility index (Phi) is 7.52. The van der Waals surface area contributed by atoms with Crippen molar-refractivity contribution >= 4 is 11.9 Å². The van der Waals surface area contributed by atoms with Crippen molar-refractivity contribution in [1.82, 2.24) is 15.1 Å². The number of piperazine rings is 1. The van der Waals surface area contributed by atoms with Crippen molar-refractivity contribution in [2.24, 2.45) is 0 Å². The summed E-state index contributed by atoms with van der Waals surface area (Å²) in [6.07, 6.45) is -4.56. The summed E-state index contributed by atoms with van der Waals surface area (Å²) >= 11 is 0. The third kappa shape index (κ3) is 6.08. The highest BCUT2D eigenvalue weighted by Crippen LogP contribution is 2.33. The average Bonchev–Trinajstić information content (AvgIpc) is 2.78. The van der Waals surface area contributed by atoms with Crippen molar-refractivity contribution in [2.45, 2.75) is 19.3 Å². The van der Waals surface area contributed by atoms with E-state index in [1.807, 2.05) is 11.9 Å². The van der Waals surface area contributed by atoms with E-state index in [-0.39, 0.29) is 24.2 Å². The SMILES string of the molecule is COC(=O)c1cccc(CNC(=O)c2ccc(CN3CCN(C)CC3)c(C(F)(F)F)c2)c1. The van der Waals surface area contributed by atoms with E-state index in [0.29, 0.717) is 24.2 Å². The molecule has 0 bridgehead atoms. The minimum atomic E-state index is -4.56. The van der Waals surface area contributed by atoms with Crippen LogP contribution in [-0.2, 0) is 24.0 Å². The minimum absolute atomic E-state index is 0.0636. The summed E-state index contributed by atoms with van der Waals surface area (Å²) in [5.41, 5.74) is 0.251. The van der Waals surface area contributed by atoms with E-state index in [9.17, 15) is 22.8 Å². The fourth-order valence-corrected chi connectivity index (χ4v) is 3.58. The smallest absolute Gasteiger partial charge is 0.416 e. The van der Waals surface area contributed by atoms with Crippen molar-refractivity contribution in [1.29, 1.82) is 0 Å². The van der Waals surface area contributed by atoms with Gasteiger partial charge in [0.1, 0.15) is 0 Å². The number of hydrogen-bond acceptors (Lipinski definition) is 5. The third-order valence-corrected chi connectivity index (χ3v) is 5.47. The number of halogens is 3. The van der Waals surface area contributed by atoms with E-state index < -0.39 is 23.6 Å². The lowest BCUT2D eigenvalue weighted by Gasteiger charge is -2.33. The first kappa shape index (κ1) is 23.7. The molecule has 1 aliphatic heterocycles. The van der Waals surface area contributed by atoms with E-state index in [4.69, 9.17) is 0 Å². The molecule has 2 aromatic rings. The number of esters is 1. The molecular formula is C23H26F3N3O3. The van der Waals surface area contributed by atoms with Crippen molar-refractivity contribution in [2.75, 3.05) is 40.3 Å². The number of nitrogens with one attached hydrogen (secondary N) is 1. The van der Waals surface area contributed by atoms with Crippen molar-refractivity contribution in [3.63, 3.8) is 0 Å². The largest absolute Gasteiger partial charge is 0.465 e. The number of ether oxygens (including phenoxy) is 1. The lowest BCUT2D eigenvalue weighted by atomic mass is 10.0. The Balaban J connectivity index is 1.72. The van der Waals surface area contributed by atoms with Crippen LogP contribution in [0.1, 0.15) is 37.4 Å². The number of alkyl halides is 3. The topological polar surface area (TPSA) is 61.9 Å². The highest BCUT2D eigenvalue weighted by atomic mass is 19.4. The predicted octanol–water partition coefficient (Wildman–Crippen LogP) is 3.17. The molecule has 32 heavy (non-hydrogen) atoms. The number of rotatable bonds is 6. The lowest BCUT2D eigenvalue weighted by Crippen LogP contribution is -2.44. The molecule has 1 fully saturated rings. The van der Waals surface area contributed by atoms with Gasteiger partial charge in [-0.2, -0.15) is 13.2 Å². The third-order valence-electron chi connectivity index (χ3n) is 5.47. The predicted molar refractivity (Wildman–Crippen MR) is 113 cm³/mol. The maximum atomic E-state index is 13.7. The molecule has 0 spiro atoms. The van der Waals surface area contributed by atoms with Gasteiger partial charge < -0.3 is 15.0 Å². The van der Waals surface area contributed by atoms with Gasteiger partial charge in [-0.3, -0.25) is 9.69 Å². The van der Waals surface area contributed by atoms with E-state index in [1.165, 1.54) is 19.2 Å². The Morgan fingerprint density at radius 3 is 2.41 bits per heavy atom. The van der Waals surface area contributed by atoms with Crippen LogP contribution >= 0.6 is 0 Å². The second kappa shape index (κ2) is 10.1. The second-order valence-corrected chi connectivity index (χ2v) is 7.82. The van der Waals surface area contributed by atoms with Crippen LogP contribution in [0.3, 0.4) is 0 Å². The Labute approximate surface area is 184 Å². The van der Waals surface area contributed by atoms with Gasteiger partial charge in [-0.15, -0.1) is 0 Å². The van der Waals surface area contributed by atoms with E-state index in [1.54, 1.807) is 24.3 Å². The molecule has 0 atom stereocenters. The normalized spacial score (nSPS) is 15.4. The van der Waals surface area contributed by atoms with E-state index in [2.05, 4.69) is 15.0 Å². The number of likely N-dealkylation sites (N-methyl/N-ethyl adjacent to an activating group) is 1. The molecule has 1 aliphatic rings. The molecule has 9 heteroatoms. The fourth-order valence-electron chi connectivity index (χ4n) is 3.58. The first-order valence-corrected chi connectivity index (χ1v) is 10.2. The summed E-state index contributed by atoms with van der Waals surface area (Å²) in [5, 5.41) is 2.61. The van der Waals surface area contributed by atoms with Crippen LogP contribution in [0.15, 0.2) is 42.5 Å². The van der Waals surface area contributed by atoms with Gasteiger partial charge in [0.25, 0.3) is 5.91 Å². The Morgan fingerprint density at radius 2 is 1.75 bits per heavy atom. The van der Waals surface area contributed by atoms with Gasteiger partial charge in [0.15, 0.2) is 0 Å². The maximum absolute atomic E-state index is 13.7. The molecule has 1 N–H and O–H groups in total. The van der Waals surface area contributed by atoms with Crippen molar-refractivity contribution < 1.29 is 27.5 Å². The van der Waals surface area contributed by atoms with Gasteiger partial charge in [-0.1, -0.05) is 18.2 Å². The highest BCUT2D eigenvalue weighted by molar-refractivity contribution is 5.94. The van der Waals surface area contributed by atoms with Crippen LogP contribution in [0.5, 0.6) is 0 Å². The highest BCUT2D eigenvalue weighted by Gasteiger charge is 2.34. The number of hydrogen-bond donors (Lipinski definition) is 1. The zero-order valence-corrected chi connectivity index (χ0v) is 18.0. The van der Waals surface area contributed by atoms with Gasteiger partial charge in [0.05, 0.1) is 18.2 Å². The van der Waals surface area contributed by atoms with Gasteiger partial charge in [0.2, 0.25) is 0 Å². The molecule has 0 radical (unpaired) electrons. The minimum Gasteiger partial charge on any atom is -0.465 e. The van der Waals surface area contributed by atoms with Gasteiger partial charge in [-0.05, 0) is 42.4 Å². The monoisotopic (exact) mass is 449 g/mol. The number of amides is 1. The number of methoxy groups -OCH3 is 1. The molecule has 0 aromatic heterocycles. The van der Waals surface area contributed by atoms with Crippen LogP contribution in [0.25, 0.3) is 0 Å².